The van der Waals surface area contributed by atoms with Crippen molar-refractivity contribution in [3.63, 3.8) is 0 Å². The van der Waals surface area contributed by atoms with Crippen molar-refractivity contribution in [1.29, 1.82) is 0 Å². The van der Waals surface area contributed by atoms with Crippen molar-refractivity contribution < 1.29 is 0 Å². The lowest BCUT2D eigenvalue weighted by Crippen LogP contribution is -2.40. The first kappa shape index (κ1) is 32.9. The van der Waals surface area contributed by atoms with Crippen LogP contribution in [0.15, 0.2) is 188 Å². The van der Waals surface area contributed by atoms with Crippen LogP contribution in [0.4, 0.5) is 17.1 Å². The lowest BCUT2D eigenvalue weighted by Gasteiger charge is -2.46. The molecule has 0 saturated heterocycles. The van der Waals surface area contributed by atoms with Crippen LogP contribution in [0, 0.1) is 0 Å². The second kappa shape index (κ2) is 11.8. The molecule has 1 nitrogen and oxygen atoms in total. The van der Waals surface area contributed by atoms with Gasteiger partial charge in [0.2, 0.25) is 0 Å². The van der Waals surface area contributed by atoms with Crippen LogP contribution in [0.5, 0.6) is 0 Å². The number of fused-ring (bicyclic) bond motifs is 12. The van der Waals surface area contributed by atoms with E-state index in [-0.39, 0.29) is 16.2 Å². The fourth-order valence-corrected chi connectivity index (χ4v) is 10.7. The minimum atomic E-state index is -0.375. The summed E-state index contributed by atoms with van der Waals surface area (Å²) in [6.45, 7) is 9.56. The maximum atomic E-state index is 2.47. The zero-order chi connectivity index (χ0) is 37.8. The molecule has 3 aliphatic carbocycles. The Morgan fingerprint density at radius 1 is 0.286 bits per heavy atom. The van der Waals surface area contributed by atoms with Gasteiger partial charge in [-0.05, 0) is 126 Å². The van der Waals surface area contributed by atoms with Gasteiger partial charge >= 0.3 is 0 Å². The first-order valence-corrected chi connectivity index (χ1v) is 19.9. The van der Waals surface area contributed by atoms with Crippen molar-refractivity contribution in [2.75, 3.05) is 4.90 Å². The van der Waals surface area contributed by atoms with E-state index in [1.54, 1.807) is 0 Å². The normalized spacial score (nSPS) is 15.6. The van der Waals surface area contributed by atoms with Crippen LogP contribution in [0.3, 0.4) is 0 Å². The molecule has 0 radical (unpaired) electrons. The predicted octanol–water partition coefficient (Wildman–Crippen LogP) is 14.1. The summed E-state index contributed by atoms with van der Waals surface area (Å²) in [5.41, 5.74) is 21.7. The van der Waals surface area contributed by atoms with E-state index in [0.29, 0.717) is 0 Å². The molecule has 0 atom stereocenters. The number of benzene rings is 8. The van der Waals surface area contributed by atoms with E-state index in [2.05, 4.69) is 221 Å². The molecule has 0 fully saturated rings. The second-order valence-corrected chi connectivity index (χ2v) is 16.9. The zero-order valence-electron chi connectivity index (χ0n) is 32.3. The molecule has 0 aliphatic heterocycles. The zero-order valence-corrected chi connectivity index (χ0v) is 32.3. The molecule has 0 unspecified atom stereocenters. The van der Waals surface area contributed by atoms with E-state index in [4.69, 9.17) is 0 Å². The summed E-state index contributed by atoms with van der Waals surface area (Å²) in [6, 6.07) is 70.4. The topological polar surface area (TPSA) is 3.24 Å². The van der Waals surface area contributed by atoms with Gasteiger partial charge in [-0.1, -0.05) is 167 Å². The molecule has 3 aliphatic rings. The van der Waals surface area contributed by atoms with E-state index in [9.17, 15) is 0 Å². The molecular formula is C55H43N. The number of anilines is 3. The number of hydrogen-bond acceptors (Lipinski definition) is 1. The molecular weight excluding hydrogens is 675 g/mol. The third-order valence-electron chi connectivity index (χ3n) is 13.3. The summed E-state index contributed by atoms with van der Waals surface area (Å²) in [4.78, 5) is 2.37. The van der Waals surface area contributed by atoms with Gasteiger partial charge in [0.05, 0.1) is 5.41 Å². The molecule has 0 aromatic heterocycles. The highest BCUT2D eigenvalue weighted by molar-refractivity contribution is 5.92. The summed E-state index contributed by atoms with van der Waals surface area (Å²) in [6.07, 6.45) is 0. The van der Waals surface area contributed by atoms with E-state index < -0.39 is 0 Å². The fraction of sp³-hybridized carbons (Fsp3) is 0.127. The van der Waals surface area contributed by atoms with Gasteiger partial charge in [-0.3, -0.25) is 0 Å². The van der Waals surface area contributed by atoms with Crippen LogP contribution in [-0.2, 0) is 16.2 Å². The number of rotatable bonds is 4. The molecule has 0 heterocycles. The lowest BCUT2D eigenvalue weighted by molar-refractivity contribution is 0.563. The van der Waals surface area contributed by atoms with E-state index >= 15 is 0 Å². The van der Waals surface area contributed by atoms with E-state index in [1.807, 2.05) is 0 Å². The molecule has 0 N–H and O–H groups in total. The molecule has 8 aromatic carbocycles. The standard InChI is InChI=1S/C55H43N/c1-53(2)47-23-13-15-25-49(47)55(50-26-16-14-24-48(50)53)45-22-12-11-21-41(45)44-33-36(28-32-46(44)55)37-27-30-42-43-31-29-40(35-52(43)54(3,4)51(42)34-37)56(38-17-7-5-8-18-38)39-19-9-6-10-20-39/h5-35H,1-4H3. The number of hydrogen-bond donors (Lipinski definition) is 0. The Morgan fingerprint density at radius 3 is 1.34 bits per heavy atom. The third kappa shape index (κ3) is 4.37. The molecule has 0 amide bonds. The molecule has 11 rings (SSSR count). The van der Waals surface area contributed by atoms with Crippen molar-refractivity contribution in [2.24, 2.45) is 0 Å². The summed E-state index contributed by atoms with van der Waals surface area (Å²) in [5, 5.41) is 0. The summed E-state index contributed by atoms with van der Waals surface area (Å²) < 4.78 is 0. The molecule has 268 valence electrons. The average Bonchev–Trinajstić information content (AvgIpc) is 3.66. The van der Waals surface area contributed by atoms with Gasteiger partial charge in [-0.25, -0.2) is 0 Å². The maximum absolute atomic E-state index is 2.47. The first-order valence-electron chi connectivity index (χ1n) is 19.9. The molecule has 8 aromatic rings. The maximum Gasteiger partial charge on any atom is 0.0719 e. The van der Waals surface area contributed by atoms with Crippen LogP contribution in [0.2, 0.25) is 0 Å². The summed E-state index contributed by atoms with van der Waals surface area (Å²) in [5.74, 6) is 0. The van der Waals surface area contributed by atoms with Crippen LogP contribution in [0.1, 0.15) is 72.2 Å². The second-order valence-electron chi connectivity index (χ2n) is 16.9. The molecule has 0 saturated carbocycles. The summed E-state index contributed by atoms with van der Waals surface area (Å²) >= 11 is 0. The Morgan fingerprint density at radius 2 is 0.714 bits per heavy atom. The van der Waals surface area contributed by atoms with Crippen molar-refractivity contribution in [1.82, 2.24) is 0 Å². The predicted molar refractivity (Wildman–Crippen MR) is 234 cm³/mol. The highest BCUT2D eigenvalue weighted by atomic mass is 15.1. The molecule has 1 spiro atoms. The Kier molecular flexibility index (Phi) is 6.93. The smallest absolute Gasteiger partial charge is 0.0719 e. The van der Waals surface area contributed by atoms with E-state index in [1.165, 1.54) is 83.6 Å². The van der Waals surface area contributed by atoms with Gasteiger partial charge < -0.3 is 4.90 Å². The highest BCUT2D eigenvalue weighted by Gasteiger charge is 2.53. The van der Waals surface area contributed by atoms with Gasteiger partial charge in [0.1, 0.15) is 0 Å². The Hall–Kier alpha value is -6.44. The van der Waals surface area contributed by atoms with Crippen molar-refractivity contribution >= 4 is 17.1 Å². The van der Waals surface area contributed by atoms with Gasteiger partial charge in [-0.15, -0.1) is 0 Å². The monoisotopic (exact) mass is 717 g/mol. The molecule has 0 bridgehead atoms. The van der Waals surface area contributed by atoms with Gasteiger partial charge in [0, 0.05) is 27.9 Å². The minimum absolute atomic E-state index is 0.104. The summed E-state index contributed by atoms with van der Waals surface area (Å²) in [7, 11) is 0. The highest BCUT2D eigenvalue weighted by Crippen LogP contribution is 2.62. The third-order valence-corrected chi connectivity index (χ3v) is 13.3. The Labute approximate surface area is 330 Å². The average molecular weight is 718 g/mol. The van der Waals surface area contributed by atoms with Gasteiger partial charge in [0.15, 0.2) is 0 Å². The van der Waals surface area contributed by atoms with Crippen molar-refractivity contribution in [2.45, 2.75) is 43.9 Å². The largest absolute Gasteiger partial charge is 0.310 e. The lowest BCUT2D eigenvalue weighted by atomic mass is 9.55. The number of para-hydroxylation sites is 2. The van der Waals surface area contributed by atoms with E-state index in [0.717, 1.165) is 11.4 Å². The number of nitrogens with zero attached hydrogens (tertiary/aromatic N) is 1. The van der Waals surface area contributed by atoms with Crippen LogP contribution < -0.4 is 4.90 Å². The van der Waals surface area contributed by atoms with Crippen molar-refractivity contribution in [3.05, 3.63) is 233 Å². The molecule has 56 heavy (non-hydrogen) atoms. The van der Waals surface area contributed by atoms with Crippen LogP contribution in [0.25, 0.3) is 33.4 Å². The van der Waals surface area contributed by atoms with Crippen LogP contribution >= 0.6 is 0 Å². The van der Waals surface area contributed by atoms with Gasteiger partial charge in [0.25, 0.3) is 0 Å². The minimum Gasteiger partial charge on any atom is -0.310 e. The SMILES string of the molecule is CC1(C)c2cc(-c3ccc4c(c3)-c3ccccc3C43c4ccccc4C(C)(C)c4ccccc43)ccc2-c2ccc(N(c3ccccc3)c3ccccc3)cc21. The quantitative estimate of drug-likeness (QED) is 0.175. The van der Waals surface area contributed by atoms with Crippen molar-refractivity contribution in [3.8, 4) is 33.4 Å². The van der Waals surface area contributed by atoms with Gasteiger partial charge in [-0.2, -0.15) is 0 Å². The molecule has 1 heteroatoms. The Balaban J connectivity index is 1.04. The first-order chi connectivity index (χ1) is 27.3. The van der Waals surface area contributed by atoms with Crippen LogP contribution in [-0.4, -0.2) is 0 Å². The Bertz CT molecular complexity index is 2770. The fourth-order valence-electron chi connectivity index (χ4n) is 10.7.